The molecule has 1 aromatic carbocycles. The number of anilines is 1. The summed E-state index contributed by atoms with van der Waals surface area (Å²) in [5, 5.41) is 5.01. The van der Waals surface area contributed by atoms with Gasteiger partial charge in [-0.3, -0.25) is 0 Å². The highest BCUT2D eigenvalue weighted by Gasteiger charge is 2.04. The predicted octanol–water partition coefficient (Wildman–Crippen LogP) is 2.94. The number of rotatable bonds is 7. The van der Waals surface area contributed by atoms with Crippen molar-refractivity contribution < 1.29 is 4.74 Å². The van der Waals surface area contributed by atoms with E-state index in [9.17, 15) is 0 Å². The first-order valence-electron chi connectivity index (χ1n) is 6.16. The zero-order chi connectivity index (χ0) is 13.7. The lowest BCUT2D eigenvalue weighted by atomic mass is 10.3. The molecule has 0 spiro atoms. The monoisotopic (exact) mass is 299 g/mol. The third-order valence-electron chi connectivity index (χ3n) is 2.80. The minimum atomic E-state index is 0.726. The summed E-state index contributed by atoms with van der Waals surface area (Å²) in [5.74, 6) is 0. The van der Waals surface area contributed by atoms with Crippen LogP contribution in [0.1, 0.15) is 0 Å². The number of hydrogen-bond acceptors (Lipinski definition) is 5. The molecule has 0 aliphatic rings. The van der Waals surface area contributed by atoms with Gasteiger partial charge in [0, 0.05) is 31.8 Å². The van der Waals surface area contributed by atoms with Crippen molar-refractivity contribution in [3.05, 3.63) is 23.2 Å². The Morgan fingerprint density at radius 3 is 3.05 bits per heavy atom. The van der Waals surface area contributed by atoms with E-state index in [0.29, 0.717) is 0 Å². The van der Waals surface area contributed by atoms with Gasteiger partial charge in [-0.1, -0.05) is 22.9 Å². The van der Waals surface area contributed by atoms with Gasteiger partial charge in [0.2, 0.25) is 0 Å². The van der Waals surface area contributed by atoms with Crippen LogP contribution in [-0.2, 0) is 4.74 Å². The van der Waals surface area contributed by atoms with Crippen molar-refractivity contribution >= 4 is 38.3 Å². The SMILES string of the molecule is COCCN(C)CCNc1nc2cc(Cl)ccc2s1. The second kappa shape index (κ2) is 7.05. The average Bonchev–Trinajstić information content (AvgIpc) is 2.78. The smallest absolute Gasteiger partial charge is 0.183 e. The van der Waals surface area contributed by atoms with Crippen molar-refractivity contribution in [1.29, 1.82) is 0 Å². The van der Waals surface area contributed by atoms with E-state index in [-0.39, 0.29) is 0 Å². The van der Waals surface area contributed by atoms with Gasteiger partial charge in [0.15, 0.2) is 5.13 Å². The lowest BCUT2D eigenvalue weighted by molar-refractivity contribution is 0.163. The number of likely N-dealkylation sites (N-methyl/N-ethyl adjacent to an activating group) is 1. The van der Waals surface area contributed by atoms with Gasteiger partial charge in [0.05, 0.1) is 16.8 Å². The number of fused-ring (bicyclic) bond motifs is 1. The van der Waals surface area contributed by atoms with Crippen molar-refractivity contribution in [2.45, 2.75) is 0 Å². The summed E-state index contributed by atoms with van der Waals surface area (Å²) in [5.41, 5.74) is 0.952. The van der Waals surface area contributed by atoms with E-state index in [1.54, 1.807) is 18.4 Å². The Hall–Kier alpha value is -0.880. The van der Waals surface area contributed by atoms with Crippen LogP contribution in [0.15, 0.2) is 18.2 Å². The van der Waals surface area contributed by atoms with Gasteiger partial charge in [0.1, 0.15) is 0 Å². The quantitative estimate of drug-likeness (QED) is 0.853. The van der Waals surface area contributed by atoms with Crippen LogP contribution in [-0.4, -0.2) is 50.3 Å². The highest BCUT2D eigenvalue weighted by molar-refractivity contribution is 7.22. The standard InChI is InChI=1S/C13H18ClN3OS/c1-17(7-8-18-2)6-5-15-13-16-11-9-10(14)3-4-12(11)19-13/h3-4,9H,5-8H2,1-2H3,(H,15,16). The van der Waals surface area contributed by atoms with E-state index in [1.807, 2.05) is 18.2 Å². The molecular formula is C13H18ClN3OS. The van der Waals surface area contributed by atoms with E-state index in [4.69, 9.17) is 16.3 Å². The van der Waals surface area contributed by atoms with Gasteiger partial charge in [-0.25, -0.2) is 4.98 Å². The van der Waals surface area contributed by atoms with E-state index in [2.05, 4.69) is 22.2 Å². The lowest BCUT2D eigenvalue weighted by Crippen LogP contribution is -2.28. The van der Waals surface area contributed by atoms with E-state index in [1.165, 1.54) is 0 Å². The molecule has 2 rings (SSSR count). The molecule has 1 N–H and O–H groups in total. The molecule has 0 amide bonds. The second-order valence-electron chi connectivity index (χ2n) is 4.35. The number of nitrogens with one attached hydrogen (secondary N) is 1. The lowest BCUT2D eigenvalue weighted by Gasteiger charge is -2.15. The molecule has 0 aliphatic heterocycles. The van der Waals surface area contributed by atoms with Crippen LogP contribution in [0.4, 0.5) is 5.13 Å². The third kappa shape index (κ3) is 4.31. The maximum absolute atomic E-state index is 5.95. The number of ether oxygens (including phenoxy) is 1. The maximum atomic E-state index is 5.95. The predicted molar refractivity (Wildman–Crippen MR) is 82.5 cm³/mol. The van der Waals surface area contributed by atoms with Crippen LogP contribution < -0.4 is 5.32 Å². The van der Waals surface area contributed by atoms with Crippen LogP contribution in [0, 0.1) is 0 Å². The summed E-state index contributed by atoms with van der Waals surface area (Å²) >= 11 is 7.60. The number of halogens is 1. The van der Waals surface area contributed by atoms with Crippen LogP contribution >= 0.6 is 22.9 Å². The first kappa shape index (κ1) is 14.5. The normalized spacial score (nSPS) is 11.4. The highest BCUT2D eigenvalue weighted by Crippen LogP contribution is 2.27. The Morgan fingerprint density at radius 1 is 1.42 bits per heavy atom. The van der Waals surface area contributed by atoms with Gasteiger partial charge in [0.25, 0.3) is 0 Å². The highest BCUT2D eigenvalue weighted by atomic mass is 35.5. The molecule has 6 heteroatoms. The third-order valence-corrected chi connectivity index (χ3v) is 4.03. The van der Waals surface area contributed by atoms with Gasteiger partial charge in [-0.15, -0.1) is 0 Å². The number of benzene rings is 1. The first-order chi connectivity index (χ1) is 9.19. The Morgan fingerprint density at radius 2 is 2.26 bits per heavy atom. The first-order valence-corrected chi connectivity index (χ1v) is 7.36. The van der Waals surface area contributed by atoms with E-state index in [0.717, 1.165) is 46.6 Å². The maximum Gasteiger partial charge on any atom is 0.183 e. The van der Waals surface area contributed by atoms with Crippen LogP contribution in [0.2, 0.25) is 5.02 Å². The summed E-state index contributed by atoms with van der Waals surface area (Å²) in [7, 11) is 3.80. The summed E-state index contributed by atoms with van der Waals surface area (Å²) in [6.07, 6.45) is 0. The molecule has 0 aliphatic carbocycles. The minimum absolute atomic E-state index is 0.726. The van der Waals surface area contributed by atoms with Crippen LogP contribution in [0.25, 0.3) is 10.2 Å². The molecule has 0 unspecified atom stereocenters. The topological polar surface area (TPSA) is 37.4 Å². The fourth-order valence-corrected chi connectivity index (χ4v) is 2.73. The molecule has 4 nitrogen and oxygen atoms in total. The molecule has 1 heterocycles. The fourth-order valence-electron chi connectivity index (χ4n) is 1.69. The average molecular weight is 300 g/mol. The Balaban J connectivity index is 1.84. The van der Waals surface area contributed by atoms with Gasteiger partial charge < -0.3 is 15.0 Å². The molecule has 0 fully saturated rings. The minimum Gasteiger partial charge on any atom is -0.383 e. The number of hydrogen-bond donors (Lipinski definition) is 1. The second-order valence-corrected chi connectivity index (χ2v) is 5.82. The fraction of sp³-hybridized carbons (Fsp3) is 0.462. The zero-order valence-electron chi connectivity index (χ0n) is 11.1. The van der Waals surface area contributed by atoms with Gasteiger partial charge >= 0.3 is 0 Å². The van der Waals surface area contributed by atoms with Crippen molar-refractivity contribution in [2.24, 2.45) is 0 Å². The molecular weight excluding hydrogens is 282 g/mol. The molecule has 1 aromatic heterocycles. The largest absolute Gasteiger partial charge is 0.383 e. The van der Waals surface area contributed by atoms with E-state index >= 15 is 0 Å². The van der Waals surface area contributed by atoms with Gasteiger partial charge in [-0.2, -0.15) is 0 Å². The number of aromatic nitrogens is 1. The molecule has 0 atom stereocenters. The molecule has 0 saturated heterocycles. The summed E-state index contributed by atoms with van der Waals surface area (Å²) in [6, 6.07) is 5.79. The van der Waals surface area contributed by atoms with Crippen molar-refractivity contribution in [2.75, 3.05) is 45.7 Å². The van der Waals surface area contributed by atoms with Gasteiger partial charge in [-0.05, 0) is 25.2 Å². The Kier molecular flexibility index (Phi) is 5.39. The number of thiazole rings is 1. The summed E-state index contributed by atoms with van der Waals surface area (Å²) in [4.78, 5) is 6.74. The molecule has 104 valence electrons. The van der Waals surface area contributed by atoms with Crippen LogP contribution in [0.5, 0.6) is 0 Å². The number of methoxy groups -OCH3 is 1. The molecule has 0 saturated carbocycles. The molecule has 0 radical (unpaired) electrons. The molecule has 2 aromatic rings. The summed E-state index contributed by atoms with van der Waals surface area (Å²) < 4.78 is 6.20. The van der Waals surface area contributed by atoms with Crippen molar-refractivity contribution in [1.82, 2.24) is 9.88 Å². The molecule has 19 heavy (non-hydrogen) atoms. The Bertz CT molecular complexity index is 532. The van der Waals surface area contributed by atoms with Crippen molar-refractivity contribution in [3.63, 3.8) is 0 Å². The molecule has 0 bridgehead atoms. The Labute approximate surface area is 122 Å². The van der Waals surface area contributed by atoms with Crippen LogP contribution in [0.3, 0.4) is 0 Å². The van der Waals surface area contributed by atoms with Crippen molar-refractivity contribution in [3.8, 4) is 0 Å². The zero-order valence-corrected chi connectivity index (χ0v) is 12.7. The van der Waals surface area contributed by atoms with E-state index < -0.39 is 0 Å². The number of nitrogens with zero attached hydrogens (tertiary/aromatic N) is 2. The summed E-state index contributed by atoms with van der Waals surface area (Å²) in [6.45, 7) is 3.53.